The van der Waals surface area contributed by atoms with Crippen LogP contribution in [0.1, 0.15) is 24.8 Å². The van der Waals surface area contributed by atoms with Crippen LogP contribution < -0.4 is 10.1 Å². The van der Waals surface area contributed by atoms with Crippen LogP contribution in [-0.4, -0.2) is 55.4 Å². The van der Waals surface area contributed by atoms with Crippen LogP contribution in [0.2, 0.25) is 0 Å². The number of fused-ring (bicyclic) bond motifs is 1. The van der Waals surface area contributed by atoms with Crippen LogP contribution in [0.15, 0.2) is 36.4 Å². The minimum atomic E-state index is -0.617. The van der Waals surface area contributed by atoms with Crippen molar-refractivity contribution >= 4 is 23.7 Å². The molecule has 1 aromatic carbocycles. The zero-order chi connectivity index (χ0) is 21.5. The van der Waals surface area contributed by atoms with Gasteiger partial charge >= 0.3 is 5.97 Å². The second kappa shape index (κ2) is 10.0. The van der Waals surface area contributed by atoms with Crippen LogP contribution in [0.5, 0.6) is 5.75 Å². The monoisotopic (exact) mass is 414 g/mol. The normalized spacial score (nSPS) is 20.1. The number of methoxy groups -OCH3 is 1. The number of esters is 1. The van der Waals surface area contributed by atoms with Gasteiger partial charge in [-0.3, -0.25) is 24.1 Å². The molecule has 1 heterocycles. The van der Waals surface area contributed by atoms with Crippen molar-refractivity contribution in [3.63, 3.8) is 0 Å². The van der Waals surface area contributed by atoms with E-state index in [9.17, 15) is 19.2 Å². The molecule has 160 valence electrons. The van der Waals surface area contributed by atoms with E-state index in [-0.39, 0.29) is 36.6 Å². The third-order valence-corrected chi connectivity index (χ3v) is 5.40. The van der Waals surface area contributed by atoms with Crippen LogP contribution in [0.3, 0.4) is 0 Å². The summed E-state index contributed by atoms with van der Waals surface area (Å²) in [7, 11) is 1.60. The van der Waals surface area contributed by atoms with Gasteiger partial charge in [0.25, 0.3) is 5.91 Å². The molecule has 0 spiro atoms. The van der Waals surface area contributed by atoms with Gasteiger partial charge in [0.1, 0.15) is 5.75 Å². The summed E-state index contributed by atoms with van der Waals surface area (Å²) in [5.74, 6) is -1.32. The summed E-state index contributed by atoms with van der Waals surface area (Å²) < 4.78 is 10.1. The molecular formula is C22H26N2O6. The lowest BCUT2D eigenvalue weighted by Crippen LogP contribution is -2.34. The third kappa shape index (κ3) is 5.25. The number of allylic oxidation sites excluding steroid dienone is 2. The number of nitrogens with one attached hydrogen (secondary N) is 1. The molecule has 8 nitrogen and oxygen atoms in total. The molecule has 1 N–H and O–H groups in total. The Morgan fingerprint density at radius 1 is 1.07 bits per heavy atom. The molecule has 1 aliphatic carbocycles. The Kier molecular flexibility index (Phi) is 7.21. The molecule has 30 heavy (non-hydrogen) atoms. The third-order valence-electron chi connectivity index (χ3n) is 5.40. The van der Waals surface area contributed by atoms with E-state index in [2.05, 4.69) is 5.32 Å². The average molecular weight is 414 g/mol. The van der Waals surface area contributed by atoms with Crippen molar-refractivity contribution < 1.29 is 28.7 Å². The van der Waals surface area contributed by atoms with Gasteiger partial charge in [-0.25, -0.2) is 0 Å². The first-order valence-corrected chi connectivity index (χ1v) is 10.0. The Morgan fingerprint density at radius 3 is 2.30 bits per heavy atom. The van der Waals surface area contributed by atoms with Gasteiger partial charge in [0, 0.05) is 13.1 Å². The number of hydrogen-bond acceptors (Lipinski definition) is 6. The van der Waals surface area contributed by atoms with Crippen LogP contribution in [0.4, 0.5) is 0 Å². The number of ether oxygens (including phenoxy) is 2. The first-order valence-electron chi connectivity index (χ1n) is 10.0. The molecule has 2 aliphatic rings. The summed E-state index contributed by atoms with van der Waals surface area (Å²) in [5, 5.41) is 2.69. The zero-order valence-corrected chi connectivity index (χ0v) is 17.0. The smallest absolute Gasteiger partial charge is 0.308 e. The predicted octanol–water partition coefficient (Wildman–Crippen LogP) is 1.24. The summed E-state index contributed by atoms with van der Waals surface area (Å²) in [5.41, 5.74) is 1.05. The second-order valence-electron chi connectivity index (χ2n) is 7.34. The highest BCUT2D eigenvalue weighted by Gasteiger charge is 2.46. The number of likely N-dealkylation sites (tertiary alicyclic amines) is 1. The number of rotatable bonds is 9. The highest BCUT2D eigenvalue weighted by Crippen LogP contribution is 2.34. The lowest BCUT2D eigenvalue weighted by molar-refractivity contribution is -0.149. The Morgan fingerprint density at radius 2 is 1.70 bits per heavy atom. The molecule has 3 rings (SSSR count). The molecule has 0 saturated carbocycles. The predicted molar refractivity (Wildman–Crippen MR) is 107 cm³/mol. The molecule has 3 amide bonds. The number of amides is 3. The molecule has 2 atom stereocenters. The molecule has 1 saturated heterocycles. The van der Waals surface area contributed by atoms with Gasteiger partial charge in [-0.1, -0.05) is 24.3 Å². The van der Waals surface area contributed by atoms with E-state index in [1.54, 1.807) is 7.11 Å². The van der Waals surface area contributed by atoms with E-state index in [1.165, 1.54) is 0 Å². The molecular weight excluding hydrogens is 388 g/mol. The van der Waals surface area contributed by atoms with E-state index in [0.717, 1.165) is 16.2 Å². The Labute approximate surface area is 175 Å². The molecule has 0 aromatic heterocycles. The van der Waals surface area contributed by atoms with Crippen molar-refractivity contribution in [1.82, 2.24) is 10.2 Å². The van der Waals surface area contributed by atoms with E-state index in [4.69, 9.17) is 9.47 Å². The van der Waals surface area contributed by atoms with E-state index in [0.29, 0.717) is 25.8 Å². The number of nitrogens with zero attached hydrogens (tertiary/aromatic N) is 1. The van der Waals surface area contributed by atoms with Gasteiger partial charge in [0.15, 0.2) is 6.61 Å². The largest absolute Gasteiger partial charge is 0.497 e. The first-order chi connectivity index (χ1) is 14.5. The summed E-state index contributed by atoms with van der Waals surface area (Å²) in [4.78, 5) is 49.6. The second-order valence-corrected chi connectivity index (χ2v) is 7.34. The highest BCUT2D eigenvalue weighted by atomic mass is 16.5. The Hall–Kier alpha value is -3.16. The standard InChI is InChI=1S/C22H26N2O6/c1-29-16-8-6-15(7-9-16)10-12-23-19(25)14-30-20(26)11-13-24-21(27)17-4-2-3-5-18(17)22(24)28/h2-3,6-9,17-18H,4-5,10-14H2,1H3,(H,23,25)/t17-,18-/m0/s1. The molecule has 8 heteroatoms. The van der Waals surface area contributed by atoms with Gasteiger partial charge in [-0.05, 0) is 37.0 Å². The van der Waals surface area contributed by atoms with Crippen molar-refractivity contribution in [3.05, 3.63) is 42.0 Å². The van der Waals surface area contributed by atoms with Crippen molar-refractivity contribution in [2.45, 2.75) is 25.7 Å². The molecule has 0 unspecified atom stereocenters. The maximum atomic E-state index is 12.3. The summed E-state index contributed by atoms with van der Waals surface area (Å²) in [6.45, 7) is 0.0113. The zero-order valence-electron chi connectivity index (χ0n) is 17.0. The van der Waals surface area contributed by atoms with Gasteiger partial charge in [0.05, 0.1) is 25.4 Å². The summed E-state index contributed by atoms with van der Waals surface area (Å²) in [6, 6.07) is 7.52. The van der Waals surface area contributed by atoms with Gasteiger partial charge in [0.2, 0.25) is 11.8 Å². The van der Waals surface area contributed by atoms with Gasteiger partial charge in [-0.15, -0.1) is 0 Å². The van der Waals surface area contributed by atoms with Gasteiger partial charge < -0.3 is 14.8 Å². The van der Waals surface area contributed by atoms with Crippen molar-refractivity contribution in [1.29, 1.82) is 0 Å². The lowest BCUT2D eigenvalue weighted by Gasteiger charge is -2.14. The topological polar surface area (TPSA) is 102 Å². The molecule has 0 radical (unpaired) electrons. The van der Waals surface area contributed by atoms with Crippen molar-refractivity contribution in [2.75, 3.05) is 26.8 Å². The number of benzene rings is 1. The molecule has 1 aliphatic heterocycles. The minimum Gasteiger partial charge on any atom is -0.497 e. The fourth-order valence-electron chi connectivity index (χ4n) is 3.70. The maximum absolute atomic E-state index is 12.3. The van der Waals surface area contributed by atoms with Crippen LogP contribution in [-0.2, 0) is 30.3 Å². The SMILES string of the molecule is COc1ccc(CCNC(=O)COC(=O)CCN2C(=O)[C@H]3CC=CC[C@@H]3C2=O)cc1. The van der Waals surface area contributed by atoms with Crippen molar-refractivity contribution in [2.24, 2.45) is 11.8 Å². The maximum Gasteiger partial charge on any atom is 0.308 e. The van der Waals surface area contributed by atoms with Gasteiger partial charge in [-0.2, -0.15) is 0 Å². The first kappa shape index (κ1) is 21.5. The molecule has 0 bridgehead atoms. The highest BCUT2D eigenvalue weighted by molar-refractivity contribution is 6.05. The summed E-state index contributed by atoms with van der Waals surface area (Å²) >= 11 is 0. The minimum absolute atomic E-state index is 0.0113. The van der Waals surface area contributed by atoms with E-state index < -0.39 is 18.5 Å². The fourth-order valence-corrected chi connectivity index (χ4v) is 3.70. The average Bonchev–Trinajstić information content (AvgIpc) is 3.01. The summed E-state index contributed by atoms with van der Waals surface area (Å²) in [6.07, 6.45) is 5.47. The van der Waals surface area contributed by atoms with E-state index in [1.807, 2.05) is 36.4 Å². The quantitative estimate of drug-likeness (QED) is 0.371. The molecule has 1 aromatic rings. The number of carbonyl (C=O) groups excluding carboxylic acids is 4. The van der Waals surface area contributed by atoms with Crippen LogP contribution in [0, 0.1) is 11.8 Å². The van der Waals surface area contributed by atoms with Crippen LogP contribution >= 0.6 is 0 Å². The van der Waals surface area contributed by atoms with E-state index >= 15 is 0 Å². The number of hydrogen-bond donors (Lipinski definition) is 1. The Bertz CT molecular complexity index is 807. The van der Waals surface area contributed by atoms with Crippen molar-refractivity contribution in [3.8, 4) is 5.75 Å². The fraction of sp³-hybridized carbons (Fsp3) is 0.455. The Balaban J connectivity index is 1.33. The van der Waals surface area contributed by atoms with Crippen LogP contribution in [0.25, 0.3) is 0 Å². The molecule has 1 fully saturated rings. The number of imide groups is 1. The number of carbonyl (C=O) groups is 4. The lowest BCUT2D eigenvalue weighted by atomic mass is 9.85.